The number of halogens is 3. The second-order valence-corrected chi connectivity index (χ2v) is 6.08. The second kappa shape index (κ2) is 8.55. The first-order chi connectivity index (χ1) is 13.0. The molecule has 0 saturated heterocycles. The van der Waals surface area contributed by atoms with E-state index in [1.807, 2.05) is 18.2 Å². The Labute approximate surface area is 159 Å². The Morgan fingerprint density at radius 2 is 1.78 bits per heavy atom. The Morgan fingerprint density at radius 3 is 2.44 bits per heavy atom. The van der Waals surface area contributed by atoms with Crippen LogP contribution >= 0.6 is 11.6 Å². The number of amides is 1. The average molecular weight is 389 g/mol. The van der Waals surface area contributed by atoms with Crippen LogP contribution in [-0.4, -0.2) is 22.4 Å². The average Bonchev–Trinajstić information content (AvgIpc) is 2.65. The van der Waals surface area contributed by atoms with Crippen molar-refractivity contribution in [1.82, 2.24) is 9.97 Å². The summed E-state index contributed by atoms with van der Waals surface area (Å²) in [7, 11) is 0. The van der Waals surface area contributed by atoms with Crippen LogP contribution in [0.1, 0.15) is 16.1 Å². The fourth-order valence-corrected chi connectivity index (χ4v) is 2.57. The summed E-state index contributed by atoms with van der Waals surface area (Å²) in [5.41, 5.74) is 0.497. The Morgan fingerprint density at radius 1 is 1.04 bits per heavy atom. The largest absolute Gasteiger partial charge is 0.368 e. The number of rotatable bonds is 6. The molecule has 0 atom stereocenters. The highest BCUT2D eigenvalue weighted by molar-refractivity contribution is 6.30. The van der Waals surface area contributed by atoms with E-state index in [0.717, 1.165) is 24.1 Å². The lowest BCUT2D eigenvalue weighted by molar-refractivity contribution is 0.102. The minimum absolute atomic E-state index is 0.0574. The normalized spacial score (nSPS) is 10.5. The zero-order valence-corrected chi connectivity index (χ0v) is 14.8. The van der Waals surface area contributed by atoms with Crippen LogP contribution in [0.15, 0.2) is 54.9 Å². The molecule has 1 aromatic heterocycles. The highest BCUT2D eigenvalue weighted by atomic mass is 35.5. The molecule has 0 fully saturated rings. The minimum Gasteiger partial charge on any atom is -0.368 e. The second-order valence-electron chi connectivity index (χ2n) is 5.64. The molecule has 0 saturated carbocycles. The molecule has 0 aliphatic heterocycles. The van der Waals surface area contributed by atoms with Gasteiger partial charge in [-0.3, -0.25) is 4.79 Å². The molecule has 0 spiro atoms. The van der Waals surface area contributed by atoms with Crippen LogP contribution in [-0.2, 0) is 6.42 Å². The molecule has 0 aliphatic carbocycles. The first kappa shape index (κ1) is 18.7. The first-order valence-corrected chi connectivity index (χ1v) is 8.46. The van der Waals surface area contributed by atoms with E-state index >= 15 is 0 Å². The van der Waals surface area contributed by atoms with Crippen LogP contribution in [0.5, 0.6) is 0 Å². The predicted molar refractivity (Wildman–Crippen MR) is 100.0 cm³/mol. The molecule has 2 N–H and O–H groups in total. The predicted octanol–water partition coefficient (Wildman–Crippen LogP) is 4.32. The summed E-state index contributed by atoms with van der Waals surface area (Å²) in [6.45, 7) is 0.598. The molecule has 138 valence electrons. The lowest BCUT2D eigenvalue weighted by Crippen LogP contribution is -2.16. The Bertz CT molecular complexity index is 930. The summed E-state index contributed by atoms with van der Waals surface area (Å²) < 4.78 is 27.2. The number of para-hydroxylation sites is 1. The van der Waals surface area contributed by atoms with Gasteiger partial charge in [-0.05, 0) is 36.2 Å². The molecule has 27 heavy (non-hydrogen) atoms. The number of anilines is 2. The molecule has 0 radical (unpaired) electrons. The SMILES string of the molecule is O=C(Nc1c(F)cccc1F)c1cnc(NCCc2cccc(Cl)c2)cn1. The Hall–Kier alpha value is -3.06. The van der Waals surface area contributed by atoms with Crippen molar-refractivity contribution in [3.8, 4) is 0 Å². The van der Waals surface area contributed by atoms with E-state index in [1.165, 1.54) is 18.5 Å². The van der Waals surface area contributed by atoms with Gasteiger partial charge in [0.2, 0.25) is 0 Å². The van der Waals surface area contributed by atoms with Gasteiger partial charge in [0.15, 0.2) is 0 Å². The molecule has 1 amide bonds. The summed E-state index contributed by atoms with van der Waals surface area (Å²) in [6, 6.07) is 10.8. The summed E-state index contributed by atoms with van der Waals surface area (Å²) in [5, 5.41) is 5.91. The van der Waals surface area contributed by atoms with Crippen molar-refractivity contribution >= 4 is 29.0 Å². The van der Waals surface area contributed by atoms with Gasteiger partial charge >= 0.3 is 0 Å². The molecular formula is C19H15ClF2N4O. The van der Waals surface area contributed by atoms with E-state index in [2.05, 4.69) is 20.6 Å². The van der Waals surface area contributed by atoms with Gasteiger partial charge in [-0.1, -0.05) is 29.8 Å². The van der Waals surface area contributed by atoms with Crippen molar-refractivity contribution in [3.63, 3.8) is 0 Å². The number of carbonyl (C=O) groups is 1. The van der Waals surface area contributed by atoms with E-state index in [4.69, 9.17) is 11.6 Å². The number of nitrogens with one attached hydrogen (secondary N) is 2. The number of aromatic nitrogens is 2. The maximum Gasteiger partial charge on any atom is 0.276 e. The molecule has 1 heterocycles. The Kier molecular flexibility index (Phi) is 5.93. The third-order valence-electron chi connectivity index (χ3n) is 3.69. The molecular weight excluding hydrogens is 374 g/mol. The van der Waals surface area contributed by atoms with Crippen LogP contribution in [0.4, 0.5) is 20.3 Å². The topological polar surface area (TPSA) is 66.9 Å². The standard InChI is InChI=1S/C19H15ClF2N4O/c20-13-4-1-3-12(9-13)7-8-23-17-11-24-16(10-25-17)19(27)26-18-14(21)5-2-6-15(18)22/h1-6,9-11H,7-8H2,(H,23,25)(H,26,27). The molecule has 3 aromatic rings. The summed E-state index contributed by atoms with van der Waals surface area (Å²) in [4.78, 5) is 20.1. The number of carbonyl (C=O) groups excluding carboxylic acids is 1. The van der Waals surface area contributed by atoms with Gasteiger partial charge in [0, 0.05) is 11.6 Å². The van der Waals surface area contributed by atoms with Crippen LogP contribution < -0.4 is 10.6 Å². The van der Waals surface area contributed by atoms with Crippen molar-refractivity contribution in [3.05, 3.63) is 82.8 Å². The van der Waals surface area contributed by atoms with E-state index in [-0.39, 0.29) is 5.69 Å². The first-order valence-electron chi connectivity index (χ1n) is 8.08. The van der Waals surface area contributed by atoms with Gasteiger partial charge in [-0.2, -0.15) is 0 Å². The third-order valence-corrected chi connectivity index (χ3v) is 3.93. The number of nitrogens with zero attached hydrogens (tertiary/aromatic N) is 2. The van der Waals surface area contributed by atoms with E-state index in [1.54, 1.807) is 6.07 Å². The molecule has 3 rings (SSSR count). The molecule has 0 aliphatic rings. The maximum atomic E-state index is 13.6. The van der Waals surface area contributed by atoms with Crippen LogP contribution in [0.2, 0.25) is 5.02 Å². The van der Waals surface area contributed by atoms with Gasteiger partial charge < -0.3 is 10.6 Å². The van der Waals surface area contributed by atoms with Gasteiger partial charge in [0.25, 0.3) is 5.91 Å². The molecule has 0 unspecified atom stereocenters. The van der Waals surface area contributed by atoms with E-state index in [0.29, 0.717) is 17.4 Å². The highest BCUT2D eigenvalue weighted by Crippen LogP contribution is 2.18. The lowest BCUT2D eigenvalue weighted by atomic mass is 10.1. The minimum atomic E-state index is -0.865. The van der Waals surface area contributed by atoms with Gasteiger partial charge in [0.1, 0.15) is 28.8 Å². The smallest absolute Gasteiger partial charge is 0.276 e. The van der Waals surface area contributed by atoms with Crippen molar-refractivity contribution in [2.24, 2.45) is 0 Å². The van der Waals surface area contributed by atoms with Crippen molar-refractivity contribution in [2.75, 3.05) is 17.2 Å². The molecule has 0 bridgehead atoms. The number of hydrogen-bond donors (Lipinski definition) is 2. The fourth-order valence-electron chi connectivity index (χ4n) is 2.36. The van der Waals surface area contributed by atoms with Crippen molar-refractivity contribution in [1.29, 1.82) is 0 Å². The van der Waals surface area contributed by atoms with Crippen LogP contribution in [0.3, 0.4) is 0 Å². The maximum absolute atomic E-state index is 13.6. The quantitative estimate of drug-likeness (QED) is 0.660. The van der Waals surface area contributed by atoms with Crippen LogP contribution in [0, 0.1) is 11.6 Å². The Balaban J connectivity index is 1.57. The zero-order valence-electron chi connectivity index (χ0n) is 14.0. The zero-order chi connectivity index (χ0) is 19.2. The number of benzene rings is 2. The monoisotopic (exact) mass is 388 g/mol. The van der Waals surface area contributed by atoms with Crippen LogP contribution in [0.25, 0.3) is 0 Å². The van der Waals surface area contributed by atoms with E-state index < -0.39 is 23.2 Å². The van der Waals surface area contributed by atoms with Crippen molar-refractivity contribution in [2.45, 2.75) is 6.42 Å². The molecule has 5 nitrogen and oxygen atoms in total. The summed E-state index contributed by atoms with van der Waals surface area (Å²) in [5.74, 6) is -2.01. The molecule has 2 aromatic carbocycles. The highest BCUT2D eigenvalue weighted by Gasteiger charge is 2.14. The van der Waals surface area contributed by atoms with Gasteiger partial charge in [-0.15, -0.1) is 0 Å². The molecule has 8 heteroatoms. The number of hydrogen-bond acceptors (Lipinski definition) is 4. The fraction of sp³-hybridized carbons (Fsp3) is 0.105. The van der Waals surface area contributed by atoms with E-state index in [9.17, 15) is 13.6 Å². The van der Waals surface area contributed by atoms with Gasteiger partial charge in [-0.25, -0.2) is 18.7 Å². The third kappa shape index (κ3) is 4.98. The summed E-state index contributed by atoms with van der Waals surface area (Å²) >= 11 is 5.94. The van der Waals surface area contributed by atoms with Crippen molar-refractivity contribution < 1.29 is 13.6 Å². The van der Waals surface area contributed by atoms with Gasteiger partial charge in [0.05, 0.1) is 12.4 Å². The lowest BCUT2D eigenvalue weighted by Gasteiger charge is -2.08. The summed E-state index contributed by atoms with van der Waals surface area (Å²) in [6.07, 6.45) is 3.34.